The first-order valence-electron chi connectivity index (χ1n) is 9.62. The first-order chi connectivity index (χ1) is 13.1. The van der Waals surface area contributed by atoms with Crippen molar-refractivity contribution >= 4 is 5.91 Å². The molecule has 5 heteroatoms. The Morgan fingerprint density at radius 1 is 1.22 bits per heavy atom. The average molecular weight is 370 g/mol. The molecule has 1 atom stereocenters. The first kappa shape index (κ1) is 19.4. The fourth-order valence-corrected chi connectivity index (χ4v) is 3.68. The van der Waals surface area contributed by atoms with Crippen molar-refractivity contribution in [3.8, 4) is 5.75 Å². The Morgan fingerprint density at radius 2 is 2.00 bits per heavy atom. The number of fused-ring (bicyclic) bond motifs is 1. The van der Waals surface area contributed by atoms with Crippen LogP contribution in [0.15, 0.2) is 36.4 Å². The van der Waals surface area contributed by atoms with Crippen LogP contribution in [0.3, 0.4) is 0 Å². The van der Waals surface area contributed by atoms with Gasteiger partial charge in [0.1, 0.15) is 18.2 Å². The van der Waals surface area contributed by atoms with Crippen molar-refractivity contribution < 1.29 is 13.9 Å². The van der Waals surface area contributed by atoms with Gasteiger partial charge in [0, 0.05) is 6.54 Å². The lowest BCUT2D eigenvalue weighted by molar-refractivity contribution is -0.120. The number of nitrogens with one attached hydrogen (secondary N) is 1. The van der Waals surface area contributed by atoms with E-state index in [1.54, 1.807) is 6.07 Å². The lowest BCUT2D eigenvalue weighted by Crippen LogP contribution is -2.40. The maximum atomic E-state index is 13.4. The Labute approximate surface area is 159 Å². The highest BCUT2D eigenvalue weighted by Gasteiger charge is 2.19. The van der Waals surface area contributed by atoms with Crippen molar-refractivity contribution in [2.45, 2.75) is 58.2 Å². The van der Waals surface area contributed by atoms with Crippen molar-refractivity contribution in [1.82, 2.24) is 5.32 Å². The van der Waals surface area contributed by atoms with Crippen LogP contribution in [0.2, 0.25) is 0 Å². The van der Waals surface area contributed by atoms with Gasteiger partial charge in [-0.1, -0.05) is 25.1 Å². The van der Waals surface area contributed by atoms with E-state index in [0.717, 1.165) is 37.0 Å². The third-order valence-electron chi connectivity index (χ3n) is 5.16. The number of carbonyl (C=O) groups is 1. The molecular weight excluding hydrogens is 343 g/mol. The van der Waals surface area contributed by atoms with Crippen molar-refractivity contribution in [3.63, 3.8) is 0 Å². The minimum absolute atomic E-state index is 0.250. The third kappa shape index (κ3) is 4.86. The predicted octanol–water partition coefficient (Wildman–Crippen LogP) is 3.64. The molecule has 2 aromatic carbocycles. The molecule has 0 spiro atoms. The second kappa shape index (κ2) is 9.00. The quantitative estimate of drug-likeness (QED) is 0.746. The molecule has 0 aliphatic heterocycles. The number of primary amides is 1. The van der Waals surface area contributed by atoms with E-state index in [1.165, 1.54) is 28.8 Å². The van der Waals surface area contributed by atoms with Crippen LogP contribution in [0.1, 0.15) is 48.4 Å². The molecule has 0 saturated carbocycles. The molecule has 2 aromatic rings. The second-order valence-electron chi connectivity index (χ2n) is 7.05. The third-order valence-corrected chi connectivity index (χ3v) is 5.16. The van der Waals surface area contributed by atoms with Crippen molar-refractivity contribution in [2.24, 2.45) is 5.73 Å². The highest BCUT2D eigenvalue weighted by Crippen LogP contribution is 2.33. The van der Waals surface area contributed by atoms with Gasteiger partial charge >= 0.3 is 0 Å². The van der Waals surface area contributed by atoms with Crippen LogP contribution in [-0.4, -0.2) is 11.9 Å². The van der Waals surface area contributed by atoms with Gasteiger partial charge in [0.15, 0.2) is 0 Å². The van der Waals surface area contributed by atoms with Crippen molar-refractivity contribution in [1.29, 1.82) is 0 Å². The summed E-state index contributed by atoms with van der Waals surface area (Å²) in [6.45, 7) is 2.91. The van der Waals surface area contributed by atoms with Gasteiger partial charge in [-0.3, -0.25) is 4.79 Å². The molecule has 1 aliphatic rings. The van der Waals surface area contributed by atoms with Crippen molar-refractivity contribution in [2.75, 3.05) is 0 Å². The van der Waals surface area contributed by atoms with E-state index < -0.39 is 0 Å². The van der Waals surface area contributed by atoms with Gasteiger partial charge in [-0.2, -0.15) is 0 Å². The minimum atomic E-state index is -0.318. The molecule has 3 N–H and O–H groups in total. The zero-order valence-corrected chi connectivity index (χ0v) is 15.8. The van der Waals surface area contributed by atoms with Crippen LogP contribution in [0.4, 0.5) is 4.39 Å². The Bertz CT molecular complexity index is 807. The van der Waals surface area contributed by atoms with E-state index in [-0.39, 0.29) is 17.8 Å². The molecule has 0 saturated heterocycles. The average Bonchev–Trinajstić information content (AvgIpc) is 2.67. The summed E-state index contributed by atoms with van der Waals surface area (Å²) in [4.78, 5) is 11.5. The van der Waals surface area contributed by atoms with Gasteiger partial charge in [0.25, 0.3) is 0 Å². The molecule has 4 nitrogen and oxygen atoms in total. The fraction of sp³-hybridized carbons (Fsp3) is 0.409. The van der Waals surface area contributed by atoms with Crippen LogP contribution < -0.4 is 15.8 Å². The Hall–Kier alpha value is -2.40. The zero-order chi connectivity index (χ0) is 19.2. The number of nitrogens with two attached hydrogens (primary N) is 1. The number of rotatable bonds is 8. The topological polar surface area (TPSA) is 64.3 Å². The predicted molar refractivity (Wildman–Crippen MR) is 104 cm³/mol. The maximum Gasteiger partial charge on any atom is 0.234 e. The largest absolute Gasteiger partial charge is 0.489 e. The molecule has 0 unspecified atom stereocenters. The van der Waals surface area contributed by atoms with Crippen LogP contribution in [0, 0.1) is 5.82 Å². The van der Waals surface area contributed by atoms with Gasteiger partial charge in [0.05, 0.1) is 6.04 Å². The smallest absolute Gasteiger partial charge is 0.234 e. The maximum absolute atomic E-state index is 13.4. The van der Waals surface area contributed by atoms with E-state index in [9.17, 15) is 9.18 Å². The van der Waals surface area contributed by atoms with Gasteiger partial charge in [0.2, 0.25) is 5.91 Å². The van der Waals surface area contributed by atoms with E-state index in [4.69, 9.17) is 10.5 Å². The Kier molecular flexibility index (Phi) is 6.45. The normalized spacial score (nSPS) is 14.4. The summed E-state index contributed by atoms with van der Waals surface area (Å²) in [5, 5.41) is 3.26. The highest BCUT2D eigenvalue weighted by molar-refractivity contribution is 5.79. The number of hydrogen-bond donors (Lipinski definition) is 2. The summed E-state index contributed by atoms with van der Waals surface area (Å²) in [6, 6.07) is 10.2. The molecule has 27 heavy (non-hydrogen) atoms. The van der Waals surface area contributed by atoms with Gasteiger partial charge in [-0.15, -0.1) is 0 Å². The number of benzene rings is 2. The van der Waals surface area contributed by atoms with Crippen LogP contribution in [0.25, 0.3) is 0 Å². The molecule has 0 heterocycles. The van der Waals surface area contributed by atoms with E-state index >= 15 is 0 Å². The number of carbonyl (C=O) groups excluding carboxylic acids is 1. The molecule has 144 valence electrons. The SMILES string of the molecule is CC[C@H](NCc1ccc(OCc2cccc(F)c2)c2c1CCCC2)C(N)=O. The first-order valence-corrected chi connectivity index (χ1v) is 9.62. The van der Waals surface area contributed by atoms with E-state index in [1.807, 2.05) is 19.1 Å². The summed E-state index contributed by atoms with van der Waals surface area (Å²) in [7, 11) is 0. The highest BCUT2D eigenvalue weighted by atomic mass is 19.1. The van der Waals surface area contributed by atoms with Gasteiger partial charge in [-0.05, 0) is 72.6 Å². The second-order valence-corrected chi connectivity index (χ2v) is 7.05. The number of halogens is 1. The number of hydrogen-bond acceptors (Lipinski definition) is 3. The molecule has 0 radical (unpaired) electrons. The monoisotopic (exact) mass is 370 g/mol. The number of ether oxygens (including phenoxy) is 1. The summed E-state index contributed by atoms with van der Waals surface area (Å²) >= 11 is 0. The summed E-state index contributed by atoms with van der Waals surface area (Å²) in [5.74, 6) is 0.306. The lowest BCUT2D eigenvalue weighted by Gasteiger charge is -2.24. The molecule has 1 amide bonds. The van der Waals surface area contributed by atoms with Crippen LogP contribution >= 0.6 is 0 Å². The molecule has 1 aliphatic carbocycles. The summed E-state index contributed by atoms with van der Waals surface area (Å²) < 4.78 is 19.4. The van der Waals surface area contributed by atoms with Gasteiger partial charge < -0.3 is 15.8 Å². The molecule has 0 bridgehead atoms. The fourth-order valence-electron chi connectivity index (χ4n) is 3.68. The van der Waals surface area contributed by atoms with Crippen LogP contribution in [0.5, 0.6) is 5.75 Å². The Morgan fingerprint density at radius 3 is 2.70 bits per heavy atom. The van der Waals surface area contributed by atoms with Crippen molar-refractivity contribution in [3.05, 3.63) is 64.5 Å². The summed E-state index contributed by atoms with van der Waals surface area (Å²) in [5.41, 5.74) is 9.99. The van der Waals surface area contributed by atoms with Gasteiger partial charge in [-0.25, -0.2) is 4.39 Å². The van der Waals surface area contributed by atoms with E-state index in [2.05, 4.69) is 11.4 Å². The zero-order valence-electron chi connectivity index (χ0n) is 15.8. The lowest BCUT2D eigenvalue weighted by atomic mass is 9.87. The molecule has 3 rings (SSSR count). The number of amides is 1. The Balaban J connectivity index is 1.75. The summed E-state index contributed by atoms with van der Waals surface area (Å²) in [6.07, 6.45) is 4.96. The minimum Gasteiger partial charge on any atom is -0.489 e. The standard InChI is InChI=1S/C22H27FN2O2/c1-2-20(22(24)26)25-13-16-10-11-21(19-9-4-3-8-18(16)19)27-14-15-6-5-7-17(23)12-15/h5-7,10-12,20,25H,2-4,8-9,13-14H2,1H3,(H2,24,26)/t20-/m0/s1. The molecular formula is C22H27FN2O2. The van der Waals surface area contributed by atoms with Crippen LogP contribution in [-0.2, 0) is 30.8 Å². The molecule has 0 fully saturated rings. The van der Waals surface area contributed by atoms with E-state index in [0.29, 0.717) is 19.6 Å². The molecule has 0 aromatic heterocycles.